The minimum absolute atomic E-state index is 1.22. The highest BCUT2D eigenvalue weighted by atomic mass is 14.9. The third-order valence-electron chi connectivity index (χ3n) is 3.08. The van der Waals surface area contributed by atoms with Crippen molar-refractivity contribution >= 4 is 11.8 Å². The van der Waals surface area contributed by atoms with Crippen LogP contribution in [0.5, 0.6) is 0 Å². The van der Waals surface area contributed by atoms with E-state index >= 15 is 0 Å². The highest BCUT2D eigenvalue weighted by Gasteiger charge is 2.04. The molecule has 0 aliphatic rings. The highest BCUT2D eigenvalue weighted by molar-refractivity contribution is 5.87. The van der Waals surface area contributed by atoms with Crippen LogP contribution in [0, 0.1) is 0 Å². The molecule has 0 aliphatic carbocycles. The second-order valence-corrected chi connectivity index (χ2v) is 4.41. The largest absolute Gasteiger partial charge is 0.330 e. The predicted octanol–water partition coefficient (Wildman–Crippen LogP) is 4.53. The summed E-state index contributed by atoms with van der Waals surface area (Å²) in [6.07, 6.45) is 6.25. The molecule has 0 fully saturated rings. The van der Waals surface area contributed by atoms with E-state index in [1.807, 2.05) is 36.7 Å². The SMILES string of the molecule is C(=C(c1ccccc1)c1ccccc1)n1cccc1. The van der Waals surface area contributed by atoms with Crippen molar-refractivity contribution in [3.8, 4) is 0 Å². The minimum Gasteiger partial charge on any atom is -0.330 e. The van der Waals surface area contributed by atoms with Crippen LogP contribution in [0.3, 0.4) is 0 Å². The molecule has 0 amide bonds. The Hall–Kier alpha value is -2.54. The first-order chi connectivity index (χ1) is 9.43. The molecule has 0 aliphatic heterocycles. The molecule has 1 heterocycles. The van der Waals surface area contributed by atoms with Crippen LogP contribution in [-0.2, 0) is 0 Å². The van der Waals surface area contributed by atoms with Gasteiger partial charge in [0, 0.05) is 24.2 Å². The summed E-state index contributed by atoms with van der Waals surface area (Å²) in [6, 6.07) is 25.0. The summed E-state index contributed by atoms with van der Waals surface area (Å²) >= 11 is 0. The fourth-order valence-electron chi connectivity index (χ4n) is 2.13. The monoisotopic (exact) mass is 245 g/mol. The first kappa shape index (κ1) is 11.5. The Balaban J connectivity index is 2.12. The van der Waals surface area contributed by atoms with Crippen LogP contribution in [0.2, 0.25) is 0 Å². The zero-order valence-corrected chi connectivity index (χ0v) is 10.6. The fraction of sp³-hybridized carbons (Fsp3) is 0. The third kappa shape index (κ3) is 2.66. The van der Waals surface area contributed by atoms with Crippen molar-refractivity contribution in [1.29, 1.82) is 0 Å². The fourth-order valence-corrected chi connectivity index (χ4v) is 2.13. The molecule has 3 aromatic rings. The molecule has 19 heavy (non-hydrogen) atoms. The van der Waals surface area contributed by atoms with Crippen LogP contribution in [0.1, 0.15) is 11.1 Å². The number of rotatable bonds is 3. The van der Waals surface area contributed by atoms with Crippen molar-refractivity contribution < 1.29 is 0 Å². The van der Waals surface area contributed by atoms with Gasteiger partial charge in [0.1, 0.15) is 0 Å². The van der Waals surface area contributed by atoms with Gasteiger partial charge < -0.3 is 4.57 Å². The van der Waals surface area contributed by atoms with Crippen molar-refractivity contribution in [1.82, 2.24) is 4.57 Å². The molecule has 3 rings (SSSR count). The van der Waals surface area contributed by atoms with Gasteiger partial charge >= 0.3 is 0 Å². The van der Waals surface area contributed by atoms with Gasteiger partial charge in [-0.3, -0.25) is 0 Å². The van der Waals surface area contributed by atoms with Crippen LogP contribution in [0.25, 0.3) is 11.8 Å². The Labute approximate surface area is 113 Å². The minimum atomic E-state index is 1.22. The molecule has 1 aromatic heterocycles. The zero-order valence-electron chi connectivity index (χ0n) is 10.6. The van der Waals surface area contributed by atoms with Gasteiger partial charge in [0.2, 0.25) is 0 Å². The van der Waals surface area contributed by atoms with E-state index < -0.39 is 0 Å². The molecule has 0 bridgehead atoms. The van der Waals surface area contributed by atoms with Gasteiger partial charge in [-0.25, -0.2) is 0 Å². The summed E-state index contributed by atoms with van der Waals surface area (Å²) in [5, 5.41) is 0. The van der Waals surface area contributed by atoms with Crippen LogP contribution < -0.4 is 0 Å². The molecule has 1 heteroatoms. The lowest BCUT2D eigenvalue weighted by molar-refractivity contribution is 1.17. The first-order valence-corrected chi connectivity index (χ1v) is 6.38. The Kier molecular flexibility index (Phi) is 3.28. The first-order valence-electron chi connectivity index (χ1n) is 6.38. The highest BCUT2D eigenvalue weighted by Crippen LogP contribution is 2.23. The van der Waals surface area contributed by atoms with Gasteiger partial charge in [0.05, 0.1) is 0 Å². The number of nitrogens with zero attached hydrogens (tertiary/aromatic N) is 1. The van der Waals surface area contributed by atoms with E-state index in [2.05, 4.69) is 59.3 Å². The number of hydrogen-bond acceptors (Lipinski definition) is 0. The average molecular weight is 245 g/mol. The maximum Gasteiger partial charge on any atom is 0.0167 e. The van der Waals surface area contributed by atoms with Gasteiger partial charge in [0.25, 0.3) is 0 Å². The maximum atomic E-state index is 2.16. The Morgan fingerprint density at radius 2 is 1.11 bits per heavy atom. The Bertz CT molecular complexity index is 608. The molecule has 1 nitrogen and oxygen atoms in total. The molecule has 0 radical (unpaired) electrons. The van der Waals surface area contributed by atoms with Crippen LogP contribution in [0.15, 0.2) is 85.2 Å². The predicted molar refractivity (Wildman–Crippen MR) is 80.6 cm³/mol. The lowest BCUT2D eigenvalue weighted by Gasteiger charge is -2.09. The van der Waals surface area contributed by atoms with Crippen molar-refractivity contribution in [3.05, 3.63) is 96.3 Å². The smallest absolute Gasteiger partial charge is 0.0167 e. The second-order valence-electron chi connectivity index (χ2n) is 4.41. The molecule has 0 saturated heterocycles. The van der Waals surface area contributed by atoms with Crippen molar-refractivity contribution in [2.75, 3.05) is 0 Å². The normalized spacial score (nSPS) is 10.1. The van der Waals surface area contributed by atoms with Crippen molar-refractivity contribution in [2.24, 2.45) is 0 Å². The van der Waals surface area contributed by atoms with E-state index in [9.17, 15) is 0 Å². The Morgan fingerprint density at radius 3 is 1.58 bits per heavy atom. The van der Waals surface area contributed by atoms with Gasteiger partial charge in [0.15, 0.2) is 0 Å². The molecule has 0 unspecified atom stereocenters. The van der Waals surface area contributed by atoms with Crippen LogP contribution in [0.4, 0.5) is 0 Å². The number of hydrogen-bond donors (Lipinski definition) is 0. The summed E-state index contributed by atoms with van der Waals surface area (Å²) in [5.41, 5.74) is 3.67. The molecule has 2 aromatic carbocycles. The molecular weight excluding hydrogens is 230 g/mol. The van der Waals surface area contributed by atoms with E-state index in [0.717, 1.165) is 0 Å². The third-order valence-corrected chi connectivity index (χ3v) is 3.08. The van der Waals surface area contributed by atoms with Gasteiger partial charge in [-0.1, -0.05) is 60.7 Å². The standard InChI is InChI=1S/C18H15N/c1-3-9-16(10-4-1)18(15-19-13-7-8-14-19)17-11-5-2-6-12-17/h1-15H. The summed E-state index contributed by atoms with van der Waals surface area (Å²) in [5.74, 6) is 0. The van der Waals surface area contributed by atoms with E-state index in [4.69, 9.17) is 0 Å². The lowest BCUT2D eigenvalue weighted by Crippen LogP contribution is -1.90. The molecule has 0 spiro atoms. The summed E-state index contributed by atoms with van der Waals surface area (Å²) in [6.45, 7) is 0. The topological polar surface area (TPSA) is 4.93 Å². The summed E-state index contributed by atoms with van der Waals surface area (Å²) in [7, 11) is 0. The van der Waals surface area contributed by atoms with E-state index in [-0.39, 0.29) is 0 Å². The molecule has 0 atom stereocenters. The van der Waals surface area contributed by atoms with Crippen molar-refractivity contribution in [2.45, 2.75) is 0 Å². The van der Waals surface area contributed by atoms with Crippen LogP contribution in [-0.4, -0.2) is 4.57 Å². The van der Waals surface area contributed by atoms with E-state index in [1.54, 1.807) is 0 Å². The van der Waals surface area contributed by atoms with Gasteiger partial charge in [-0.05, 0) is 23.3 Å². The number of aromatic nitrogens is 1. The van der Waals surface area contributed by atoms with E-state index in [0.29, 0.717) is 0 Å². The van der Waals surface area contributed by atoms with Gasteiger partial charge in [-0.15, -0.1) is 0 Å². The summed E-state index contributed by atoms with van der Waals surface area (Å²) in [4.78, 5) is 0. The number of benzene rings is 2. The quantitative estimate of drug-likeness (QED) is 0.638. The maximum absolute atomic E-state index is 2.16. The molecular formula is C18H15N. The molecule has 92 valence electrons. The Morgan fingerprint density at radius 1 is 0.632 bits per heavy atom. The lowest BCUT2D eigenvalue weighted by atomic mass is 9.99. The summed E-state index contributed by atoms with van der Waals surface area (Å²) < 4.78 is 2.08. The molecule has 0 saturated carbocycles. The zero-order chi connectivity index (χ0) is 12.9. The van der Waals surface area contributed by atoms with Gasteiger partial charge in [-0.2, -0.15) is 0 Å². The van der Waals surface area contributed by atoms with Crippen molar-refractivity contribution in [3.63, 3.8) is 0 Å². The second kappa shape index (κ2) is 5.40. The molecule has 0 N–H and O–H groups in total. The van der Waals surface area contributed by atoms with E-state index in [1.165, 1.54) is 16.7 Å². The average Bonchev–Trinajstić information content (AvgIpc) is 3.00. The van der Waals surface area contributed by atoms with Crippen LogP contribution >= 0.6 is 0 Å².